The summed E-state index contributed by atoms with van der Waals surface area (Å²) < 4.78 is 1.51. The minimum absolute atomic E-state index is 0.0805. The molecule has 2 rings (SSSR count). The number of nitrogens with zero attached hydrogens (tertiary/aromatic N) is 2. The molecule has 0 aliphatic heterocycles. The van der Waals surface area contributed by atoms with Gasteiger partial charge >= 0.3 is 0 Å². The van der Waals surface area contributed by atoms with Crippen LogP contribution in [-0.4, -0.2) is 32.9 Å². The second-order valence-corrected chi connectivity index (χ2v) is 5.34. The van der Waals surface area contributed by atoms with Crippen LogP contribution in [0.1, 0.15) is 31.9 Å². The van der Waals surface area contributed by atoms with Crippen LogP contribution in [-0.2, 0) is 11.3 Å². The van der Waals surface area contributed by atoms with Gasteiger partial charge in [-0.15, -0.1) is 0 Å². The summed E-state index contributed by atoms with van der Waals surface area (Å²) in [6.45, 7) is 4.03. The lowest BCUT2D eigenvalue weighted by Gasteiger charge is -2.37. The first kappa shape index (κ1) is 13.9. The quantitative estimate of drug-likeness (QED) is 0.721. The second kappa shape index (κ2) is 5.61. The number of aromatic nitrogens is 2. The Balaban J connectivity index is 1.88. The Bertz CT molecular complexity index is 451. The van der Waals surface area contributed by atoms with E-state index in [4.69, 9.17) is 5.73 Å². The SMILES string of the molecule is CCC(NC(=O)Cn1nc(C)cc1N)C1CC(O)C1. The van der Waals surface area contributed by atoms with Crippen molar-refractivity contribution in [3.8, 4) is 0 Å². The van der Waals surface area contributed by atoms with E-state index in [1.165, 1.54) is 4.68 Å². The first-order valence-corrected chi connectivity index (χ1v) is 6.77. The molecule has 0 bridgehead atoms. The maximum Gasteiger partial charge on any atom is 0.242 e. The normalized spacial score (nSPS) is 23.7. The van der Waals surface area contributed by atoms with Gasteiger partial charge in [0.15, 0.2) is 0 Å². The molecule has 1 atom stereocenters. The Morgan fingerprint density at radius 3 is 2.84 bits per heavy atom. The van der Waals surface area contributed by atoms with E-state index >= 15 is 0 Å². The van der Waals surface area contributed by atoms with Gasteiger partial charge in [0.1, 0.15) is 12.4 Å². The van der Waals surface area contributed by atoms with Gasteiger partial charge < -0.3 is 16.2 Å². The molecule has 1 unspecified atom stereocenters. The third-order valence-electron chi connectivity index (χ3n) is 3.73. The molecule has 1 aromatic rings. The predicted molar refractivity (Wildman–Crippen MR) is 72.3 cm³/mol. The van der Waals surface area contributed by atoms with E-state index in [-0.39, 0.29) is 24.6 Å². The highest BCUT2D eigenvalue weighted by molar-refractivity contribution is 5.76. The van der Waals surface area contributed by atoms with Crippen LogP contribution in [0.15, 0.2) is 6.07 Å². The summed E-state index contributed by atoms with van der Waals surface area (Å²) in [5.41, 5.74) is 6.56. The molecule has 1 aliphatic rings. The zero-order valence-electron chi connectivity index (χ0n) is 11.5. The number of amides is 1. The van der Waals surface area contributed by atoms with Gasteiger partial charge in [-0.05, 0) is 32.1 Å². The van der Waals surface area contributed by atoms with Crippen LogP contribution in [0.5, 0.6) is 0 Å². The van der Waals surface area contributed by atoms with Gasteiger partial charge in [-0.3, -0.25) is 4.79 Å². The summed E-state index contributed by atoms with van der Waals surface area (Å²) in [5.74, 6) is 0.809. The molecule has 1 saturated carbocycles. The number of nitrogen functional groups attached to an aromatic ring is 1. The van der Waals surface area contributed by atoms with Crippen molar-refractivity contribution in [3.05, 3.63) is 11.8 Å². The highest BCUT2D eigenvalue weighted by Gasteiger charge is 2.33. The zero-order chi connectivity index (χ0) is 14.0. The molecule has 106 valence electrons. The minimum Gasteiger partial charge on any atom is -0.393 e. The Labute approximate surface area is 113 Å². The van der Waals surface area contributed by atoms with Crippen molar-refractivity contribution < 1.29 is 9.90 Å². The van der Waals surface area contributed by atoms with Gasteiger partial charge in [0.25, 0.3) is 0 Å². The maximum atomic E-state index is 12.0. The third kappa shape index (κ3) is 3.26. The van der Waals surface area contributed by atoms with E-state index in [1.54, 1.807) is 6.07 Å². The summed E-state index contributed by atoms with van der Waals surface area (Å²) in [6, 6.07) is 1.88. The summed E-state index contributed by atoms with van der Waals surface area (Å²) in [4.78, 5) is 12.0. The fraction of sp³-hybridized carbons (Fsp3) is 0.692. The van der Waals surface area contributed by atoms with E-state index in [9.17, 15) is 9.90 Å². The van der Waals surface area contributed by atoms with Crippen molar-refractivity contribution in [2.45, 2.75) is 51.8 Å². The fourth-order valence-corrected chi connectivity index (χ4v) is 2.59. The molecule has 6 nitrogen and oxygen atoms in total. The number of aliphatic hydroxyl groups excluding tert-OH is 1. The van der Waals surface area contributed by atoms with Gasteiger partial charge in [0.05, 0.1) is 11.8 Å². The molecule has 0 saturated heterocycles. The summed E-state index contributed by atoms with van der Waals surface area (Å²) in [5, 5.41) is 16.5. The van der Waals surface area contributed by atoms with Crippen molar-refractivity contribution in [2.75, 3.05) is 5.73 Å². The number of aliphatic hydroxyl groups is 1. The zero-order valence-corrected chi connectivity index (χ0v) is 11.5. The van der Waals surface area contributed by atoms with Crippen molar-refractivity contribution >= 4 is 11.7 Å². The molecule has 19 heavy (non-hydrogen) atoms. The van der Waals surface area contributed by atoms with Crippen LogP contribution >= 0.6 is 0 Å². The molecule has 0 aromatic carbocycles. The van der Waals surface area contributed by atoms with E-state index in [0.29, 0.717) is 11.7 Å². The Morgan fingerprint density at radius 1 is 1.68 bits per heavy atom. The summed E-state index contributed by atoms with van der Waals surface area (Å²) in [7, 11) is 0. The molecular weight excluding hydrogens is 244 g/mol. The number of rotatable bonds is 5. The van der Waals surface area contributed by atoms with Gasteiger partial charge in [0.2, 0.25) is 5.91 Å². The van der Waals surface area contributed by atoms with E-state index in [0.717, 1.165) is 25.0 Å². The standard InChI is InChI=1S/C13H22N4O2/c1-3-11(9-5-10(18)6-9)15-13(19)7-17-12(14)4-8(2)16-17/h4,9-11,18H,3,5-7,14H2,1-2H3,(H,15,19). The van der Waals surface area contributed by atoms with Gasteiger partial charge in [-0.2, -0.15) is 5.10 Å². The number of anilines is 1. The largest absolute Gasteiger partial charge is 0.393 e. The van der Waals surface area contributed by atoms with Crippen molar-refractivity contribution in [1.29, 1.82) is 0 Å². The fourth-order valence-electron chi connectivity index (χ4n) is 2.59. The van der Waals surface area contributed by atoms with Crippen molar-refractivity contribution in [3.63, 3.8) is 0 Å². The monoisotopic (exact) mass is 266 g/mol. The predicted octanol–water partition coefficient (Wildman–Crippen LogP) is 0.439. The van der Waals surface area contributed by atoms with Crippen LogP contribution < -0.4 is 11.1 Å². The molecule has 1 fully saturated rings. The Hall–Kier alpha value is -1.56. The molecule has 1 amide bonds. The number of carbonyl (C=O) groups excluding carboxylic acids is 1. The topological polar surface area (TPSA) is 93.2 Å². The van der Waals surface area contributed by atoms with E-state index < -0.39 is 0 Å². The molecule has 4 N–H and O–H groups in total. The van der Waals surface area contributed by atoms with Crippen LogP contribution in [0.2, 0.25) is 0 Å². The molecular formula is C13H22N4O2. The van der Waals surface area contributed by atoms with Gasteiger partial charge in [-0.25, -0.2) is 4.68 Å². The van der Waals surface area contributed by atoms with Crippen LogP contribution in [0.3, 0.4) is 0 Å². The first-order valence-electron chi connectivity index (χ1n) is 6.77. The van der Waals surface area contributed by atoms with E-state index in [1.807, 2.05) is 13.8 Å². The number of nitrogens with one attached hydrogen (secondary N) is 1. The van der Waals surface area contributed by atoms with Crippen molar-refractivity contribution in [2.24, 2.45) is 5.92 Å². The average molecular weight is 266 g/mol. The lowest BCUT2D eigenvalue weighted by molar-refractivity contribution is -0.123. The number of nitrogens with two attached hydrogens (primary N) is 1. The van der Waals surface area contributed by atoms with E-state index in [2.05, 4.69) is 10.4 Å². The highest BCUT2D eigenvalue weighted by atomic mass is 16.3. The first-order chi connectivity index (χ1) is 8.99. The maximum absolute atomic E-state index is 12.0. The number of carbonyl (C=O) groups is 1. The number of hydrogen-bond donors (Lipinski definition) is 3. The van der Waals surface area contributed by atoms with Crippen LogP contribution in [0.25, 0.3) is 0 Å². The smallest absolute Gasteiger partial charge is 0.242 e. The summed E-state index contributed by atoms with van der Waals surface area (Å²) in [6.07, 6.45) is 2.24. The Morgan fingerprint density at radius 2 is 2.37 bits per heavy atom. The molecule has 1 heterocycles. The summed E-state index contributed by atoms with van der Waals surface area (Å²) >= 11 is 0. The van der Waals surface area contributed by atoms with Gasteiger partial charge in [-0.1, -0.05) is 6.92 Å². The molecule has 0 radical (unpaired) electrons. The molecule has 6 heteroatoms. The minimum atomic E-state index is -0.194. The molecule has 1 aromatic heterocycles. The van der Waals surface area contributed by atoms with Crippen LogP contribution in [0.4, 0.5) is 5.82 Å². The molecule has 1 aliphatic carbocycles. The Kier molecular flexibility index (Phi) is 4.09. The number of aryl methyl sites for hydroxylation is 1. The second-order valence-electron chi connectivity index (χ2n) is 5.34. The highest BCUT2D eigenvalue weighted by Crippen LogP contribution is 2.31. The number of hydrogen-bond acceptors (Lipinski definition) is 4. The van der Waals surface area contributed by atoms with Crippen molar-refractivity contribution in [1.82, 2.24) is 15.1 Å². The third-order valence-corrected chi connectivity index (χ3v) is 3.73. The van der Waals surface area contributed by atoms with Crippen LogP contribution in [0, 0.1) is 12.8 Å². The molecule has 0 spiro atoms. The average Bonchev–Trinajstić information content (AvgIpc) is 2.61. The lowest BCUT2D eigenvalue weighted by atomic mass is 9.76. The van der Waals surface area contributed by atoms with Gasteiger partial charge in [0, 0.05) is 12.1 Å². The lowest BCUT2D eigenvalue weighted by Crippen LogP contribution is -2.47.